The van der Waals surface area contributed by atoms with Crippen molar-refractivity contribution in [1.82, 2.24) is 10.2 Å². The number of ether oxygens (including phenoxy) is 1. The Bertz CT molecular complexity index is 312. The lowest BCUT2D eigenvalue weighted by Crippen LogP contribution is -2.49. The molecule has 0 aromatic carbocycles. The van der Waals surface area contributed by atoms with E-state index in [1.165, 1.54) is 12.8 Å². The maximum Gasteiger partial charge on any atom is 0.169 e. The van der Waals surface area contributed by atoms with E-state index in [0.717, 1.165) is 37.3 Å². The summed E-state index contributed by atoms with van der Waals surface area (Å²) in [7, 11) is 0. The average molecular weight is 238 g/mol. The van der Waals surface area contributed by atoms with Crippen molar-refractivity contribution >= 4 is 17.3 Å². The summed E-state index contributed by atoms with van der Waals surface area (Å²) in [4.78, 5) is 2.23. The molecule has 3 rings (SSSR count). The van der Waals surface area contributed by atoms with Crippen molar-refractivity contribution in [3.63, 3.8) is 0 Å². The Morgan fingerprint density at radius 2 is 2.06 bits per heavy atom. The van der Waals surface area contributed by atoms with Crippen LogP contribution in [0.1, 0.15) is 12.8 Å². The second-order valence-electron chi connectivity index (χ2n) is 4.94. The van der Waals surface area contributed by atoms with Crippen LogP contribution < -0.4 is 5.32 Å². The normalized spacial score (nSPS) is 36.8. The third kappa shape index (κ3) is 1.96. The number of fused-ring (bicyclic) bond motifs is 2. The molecule has 2 aliphatic carbocycles. The van der Waals surface area contributed by atoms with Crippen LogP contribution in [-0.2, 0) is 4.74 Å². The minimum absolute atomic E-state index is 0.574. The van der Waals surface area contributed by atoms with Gasteiger partial charge in [0.25, 0.3) is 0 Å². The van der Waals surface area contributed by atoms with Gasteiger partial charge in [-0.05, 0) is 36.9 Å². The lowest BCUT2D eigenvalue weighted by atomic mass is 10.0. The second kappa shape index (κ2) is 4.34. The van der Waals surface area contributed by atoms with Gasteiger partial charge in [0.1, 0.15) is 0 Å². The van der Waals surface area contributed by atoms with E-state index in [4.69, 9.17) is 17.0 Å². The third-order valence-electron chi connectivity index (χ3n) is 3.89. The molecule has 2 bridgehead atoms. The molecule has 1 saturated heterocycles. The van der Waals surface area contributed by atoms with Crippen molar-refractivity contribution in [2.24, 2.45) is 11.8 Å². The molecule has 0 unspecified atom stereocenters. The second-order valence-corrected chi connectivity index (χ2v) is 5.32. The molecule has 16 heavy (non-hydrogen) atoms. The van der Waals surface area contributed by atoms with Crippen LogP contribution in [-0.4, -0.2) is 42.4 Å². The van der Waals surface area contributed by atoms with Crippen molar-refractivity contribution in [2.75, 3.05) is 26.3 Å². The molecule has 4 heteroatoms. The third-order valence-corrected chi connectivity index (χ3v) is 4.26. The van der Waals surface area contributed by atoms with E-state index in [-0.39, 0.29) is 0 Å². The number of rotatable bonds is 1. The Morgan fingerprint density at radius 1 is 1.25 bits per heavy atom. The standard InChI is InChI=1S/C12H18N2OS/c16-12(14-3-5-15-6-4-14)13-11-8-9-1-2-10(11)7-9/h1-2,9-11H,3-8H2,(H,13,16)/t9-,10+,11-/m1/s1. The number of thiocarbonyl (C=S) groups is 1. The zero-order valence-electron chi connectivity index (χ0n) is 9.39. The van der Waals surface area contributed by atoms with Crippen LogP contribution in [0, 0.1) is 11.8 Å². The van der Waals surface area contributed by atoms with Crippen molar-refractivity contribution in [3.05, 3.63) is 12.2 Å². The molecule has 0 spiro atoms. The molecule has 3 aliphatic rings. The number of allylic oxidation sites excluding steroid dienone is 1. The van der Waals surface area contributed by atoms with Gasteiger partial charge in [-0.2, -0.15) is 0 Å². The van der Waals surface area contributed by atoms with E-state index in [0.29, 0.717) is 12.0 Å². The molecule has 0 aromatic rings. The predicted octanol–water partition coefficient (Wildman–Crippen LogP) is 1.16. The van der Waals surface area contributed by atoms with Crippen LogP contribution in [0.3, 0.4) is 0 Å². The SMILES string of the molecule is S=C(N[C@@H]1C[C@@H]2C=C[C@H]1C2)N1CCOCC1. The molecule has 0 amide bonds. The summed E-state index contributed by atoms with van der Waals surface area (Å²) in [5.74, 6) is 1.51. The molecular formula is C12H18N2OS. The first-order valence-electron chi connectivity index (χ1n) is 6.14. The van der Waals surface area contributed by atoms with E-state index in [1.807, 2.05) is 0 Å². The van der Waals surface area contributed by atoms with Crippen molar-refractivity contribution in [1.29, 1.82) is 0 Å². The predicted molar refractivity (Wildman–Crippen MR) is 67.3 cm³/mol. The van der Waals surface area contributed by atoms with Gasteiger partial charge >= 0.3 is 0 Å². The van der Waals surface area contributed by atoms with E-state index in [9.17, 15) is 0 Å². The monoisotopic (exact) mass is 238 g/mol. The average Bonchev–Trinajstić information content (AvgIpc) is 2.92. The molecule has 0 radical (unpaired) electrons. The lowest BCUT2D eigenvalue weighted by Gasteiger charge is -2.32. The highest BCUT2D eigenvalue weighted by molar-refractivity contribution is 7.80. The van der Waals surface area contributed by atoms with Crippen molar-refractivity contribution in [3.8, 4) is 0 Å². The number of morpholine rings is 1. The van der Waals surface area contributed by atoms with Gasteiger partial charge in [0.2, 0.25) is 0 Å². The summed E-state index contributed by atoms with van der Waals surface area (Å²) >= 11 is 5.46. The van der Waals surface area contributed by atoms with Crippen LogP contribution in [0.5, 0.6) is 0 Å². The maximum atomic E-state index is 5.46. The molecule has 1 saturated carbocycles. The van der Waals surface area contributed by atoms with Gasteiger partial charge in [-0.25, -0.2) is 0 Å². The quantitative estimate of drug-likeness (QED) is 0.547. The maximum absolute atomic E-state index is 5.46. The Morgan fingerprint density at radius 3 is 2.69 bits per heavy atom. The van der Waals surface area contributed by atoms with Gasteiger partial charge in [0.15, 0.2) is 5.11 Å². The molecular weight excluding hydrogens is 220 g/mol. The topological polar surface area (TPSA) is 24.5 Å². The first-order valence-corrected chi connectivity index (χ1v) is 6.55. The highest BCUT2D eigenvalue weighted by Gasteiger charge is 2.36. The number of hydrogen-bond acceptors (Lipinski definition) is 2. The van der Waals surface area contributed by atoms with Gasteiger partial charge < -0.3 is 15.0 Å². The van der Waals surface area contributed by atoms with E-state index >= 15 is 0 Å². The molecule has 1 N–H and O–H groups in total. The molecule has 88 valence electrons. The molecule has 2 fully saturated rings. The summed E-state index contributed by atoms with van der Waals surface area (Å²) in [5.41, 5.74) is 0. The van der Waals surface area contributed by atoms with Crippen LogP contribution in [0.4, 0.5) is 0 Å². The van der Waals surface area contributed by atoms with E-state index < -0.39 is 0 Å². The number of nitrogens with one attached hydrogen (secondary N) is 1. The lowest BCUT2D eigenvalue weighted by molar-refractivity contribution is 0.0673. The minimum atomic E-state index is 0.574. The first-order chi connectivity index (χ1) is 7.83. The highest BCUT2D eigenvalue weighted by atomic mass is 32.1. The molecule has 1 heterocycles. The van der Waals surface area contributed by atoms with E-state index in [2.05, 4.69) is 22.4 Å². The zero-order valence-corrected chi connectivity index (χ0v) is 10.2. The fourth-order valence-corrected chi connectivity index (χ4v) is 3.30. The van der Waals surface area contributed by atoms with Crippen LogP contribution in [0.15, 0.2) is 12.2 Å². The molecule has 3 nitrogen and oxygen atoms in total. The van der Waals surface area contributed by atoms with Gasteiger partial charge in [-0.1, -0.05) is 12.2 Å². The molecule has 1 aliphatic heterocycles. The Labute approximate surface area is 102 Å². The molecule has 0 aromatic heterocycles. The smallest absolute Gasteiger partial charge is 0.169 e. The van der Waals surface area contributed by atoms with Gasteiger partial charge in [-0.15, -0.1) is 0 Å². The Balaban J connectivity index is 1.54. The van der Waals surface area contributed by atoms with Gasteiger partial charge in [0.05, 0.1) is 13.2 Å². The summed E-state index contributed by atoms with van der Waals surface area (Å²) in [6.45, 7) is 3.47. The fourth-order valence-electron chi connectivity index (χ4n) is 2.96. The van der Waals surface area contributed by atoms with Crippen molar-refractivity contribution < 1.29 is 4.74 Å². The fraction of sp³-hybridized carbons (Fsp3) is 0.750. The van der Waals surface area contributed by atoms with Crippen molar-refractivity contribution in [2.45, 2.75) is 18.9 Å². The molecule has 3 atom stereocenters. The highest BCUT2D eigenvalue weighted by Crippen LogP contribution is 2.38. The summed E-state index contributed by atoms with van der Waals surface area (Å²) < 4.78 is 5.33. The Hall–Kier alpha value is -0.610. The first kappa shape index (κ1) is 10.5. The number of hydrogen-bond donors (Lipinski definition) is 1. The minimum Gasteiger partial charge on any atom is -0.378 e. The van der Waals surface area contributed by atoms with Crippen LogP contribution >= 0.6 is 12.2 Å². The Kier molecular flexibility index (Phi) is 2.86. The van der Waals surface area contributed by atoms with Gasteiger partial charge in [-0.3, -0.25) is 0 Å². The van der Waals surface area contributed by atoms with E-state index in [1.54, 1.807) is 0 Å². The summed E-state index contributed by atoms with van der Waals surface area (Å²) in [6.07, 6.45) is 7.30. The largest absolute Gasteiger partial charge is 0.378 e. The van der Waals surface area contributed by atoms with Gasteiger partial charge in [0, 0.05) is 19.1 Å². The number of nitrogens with zero attached hydrogens (tertiary/aromatic N) is 1. The van der Waals surface area contributed by atoms with Crippen LogP contribution in [0.25, 0.3) is 0 Å². The summed E-state index contributed by atoms with van der Waals surface area (Å²) in [6, 6.07) is 0.574. The summed E-state index contributed by atoms with van der Waals surface area (Å²) in [5, 5.41) is 4.46. The zero-order chi connectivity index (χ0) is 11.0. The van der Waals surface area contributed by atoms with Crippen LogP contribution in [0.2, 0.25) is 0 Å².